The number of hydrogen-bond donors (Lipinski definition) is 1. The molecule has 1 unspecified atom stereocenters. The fourth-order valence-electron chi connectivity index (χ4n) is 1.48. The first-order chi connectivity index (χ1) is 8.75. The first-order valence-corrected chi connectivity index (χ1v) is 6.21. The van der Waals surface area contributed by atoms with Crippen LogP contribution < -0.4 is 5.32 Å². The third-order valence-electron chi connectivity index (χ3n) is 2.33. The molecule has 106 valence electrons. The smallest absolute Gasteiger partial charge is 0.383 e. The molecule has 1 aromatic rings. The summed E-state index contributed by atoms with van der Waals surface area (Å²) in [4.78, 5) is 11.8. The molecule has 0 spiro atoms. The molecule has 1 atom stereocenters. The van der Waals surface area contributed by atoms with Gasteiger partial charge in [0.1, 0.15) is 0 Å². The standard InChI is InChI=1S/C12H13BrF3NO2/c1-7(6-19-2)17-11(18)8-3-4-10(13)9(5-8)12(14,15)16/h3-5,7H,6H2,1-2H3,(H,17,18). The number of rotatable bonds is 4. The molecule has 0 bridgehead atoms. The molecule has 1 amide bonds. The zero-order chi connectivity index (χ0) is 14.6. The Morgan fingerprint density at radius 3 is 2.63 bits per heavy atom. The molecule has 1 N–H and O–H groups in total. The van der Waals surface area contributed by atoms with Gasteiger partial charge in [0.2, 0.25) is 0 Å². The van der Waals surface area contributed by atoms with Crippen molar-refractivity contribution in [3.8, 4) is 0 Å². The van der Waals surface area contributed by atoms with Crippen molar-refractivity contribution in [2.75, 3.05) is 13.7 Å². The predicted octanol–water partition coefficient (Wildman–Crippen LogP) is 3.23. The van der Waals surface area contributed by atoms with E-state index in [0.29, 0.717) is 0 Å². The van der Waals surface area contributed by atoms with Crippen LogP contribution in [0.2, 0.25) is 0 Å². The molecule has 19 heavy (non-hydrogen) atoms. The summed E-state index contributed by atoms with van der Waals surface area (Å²) >= 11 is 2.82. The quantitative estimate of drug-likeness (QED) is 0.914. The summed E-state index contributed by atoms with van der Waals surface area (Å²) in [7, 11) is 1.48. The van der Waals surface area contributed by atoms with Crippen molar-refractivity contribution in [1.82, 2.24) is 5.32 Å². The van der Waals surface area contributed by atoms with Gasteiger partial charge in [0.15, 0.2) is 0 Å². The highest BCUT2D eigenvalue weighted by atomic mass is 79.9. The van der Waals surface area contributed by atoms with Crippen LogP contribution in [0.4, 0.5) is 13.2 Å². The fourth-order valence-corrected chi connectivity index (χ4v) is 1.95. The lowest BCUT2D eigenvalue weighted by atomic mass is 10.1. The average Bonchev–Trinajstić information content (AvgIpc) is 2.27. The molecule has 0 aliphatic carbocycles. The monoisotopic (exact) mass is 339 g/mol. The molecule has 0 aliphatic heterocycles. The van der Waals surface area contributed by atoms with Crippen LogP contribution in [0.1, 0.15) is 22.8 Å². The second-order valence-corrected chi connectivity index (χ2v) is 4.88. The normalized spacial score (nSPS) is 13.2. The number of amides is 1. The van der Waals surface area contributed by atoms with E-state index in [-0.39, 0.29) is 22.7 Å². The minimum absolute atomic E-state index is 0.0431. The topological polar surface area (TPSA) is 38.3 Å². The van der Waals surface area contributed by atoms with Gasteiger partial charge in [-0.2, -0.15) is 13.2 Å². The van der Waals surface area contributed by atoms with Crippen LogP contribution in [0.15, 0.2) is 22.7 Å². The van der Waals surface area contributed by atoms with Crippen LogP contribution in [-0.4, -0.2) is 25.7 Å². The van der Waals surface area contributed by atoms with Gasteiger partial charge in [-0.15, -0.1) is 0 Å². The van der Waals surface area contributed by atoms with Crippen molar-refractivity contribution in [1.29, 1.82) is 0 Å². The Morgan fingerprint density at radius 2 is 2.11 bits per heavy atom. The van der Waals surface area contributed by atoms with E-state index >= 15 is 0 Å². The summed E-state index contributed by atoms with van der Waals surface area (Å²) in [6.07, 6.45) is -4.51. The lowest BCUT2D eigenvalue weighted by molar-refractivity contribution is -0.138. The highest BCUT2D eigenvalue weighted by Crippen LogP contribution is 2.35. The molecule has 1 rings (SSSR count). The predicted molar refractivity (Wildman–Crippen MR) is 67.9 cm³/mol. The van der Waals surface area contributed by atoms with Gasteiger partial charge in [0.05, 0.1) is 12.2 Å². The van der Waals surface area contributed by atoms with Gasteiger partial charge in [-0.05, 0) is 25.1 Å². The van der Waals surface area contributed by atoms with Gasteiger partial charge in [-0.25, -0.2) is 0 Å². The SMILES string of the molecule is COCC(C)NC(=O)c1ccc(Br)c(C(F)(F)F)c1. The maximum atomic E-state index is 12.7. The number of halogens is 4. The molecule has 0 aliphatic rings. The summed E-state index contributed by atoms with van der Waals surface area (Å²) < 4.78 is 42.8. The number of benzene rings is 1. The molecule has 0 saturated carbocycles. The summed E-state index contributed by atoms with van der Waals surface area (Å²) in [6.45, 7) is 1.99. The molecule has 0 saturated heterocycles. The molecule has 1 aromatic carbocycles. The zero-order valence-corrected chi connectivity index (χ0v) is 11.9. The Morgan fingerprint density at radius 1 is 1.47 bits per heavy atom. The van der Waals surface area contributed by atoms with Crippen molar-refractivity contribution in [2.45, 2.75) is 19.1 Å². The van der Waals surface area contributed by atoms with Crippen LogP contribution in [-0.2, 0) is 10.9 Å². The maximum Gasteiger partial charge on any atom is 0.417 e. The van der Waals surface area contributed by atoms with E-state index in [2.05, 4.69) is 21.2 Å². The van der Waals surface area contributed by atoms with Gasteiger partial charge < -0.3 is 10.1 Å². The van der Waals surface area contributed by atoms with Crippen molar-refractivity contribution >= 4 is 21.8 Å². The molecular weight excluding hydrogens is 327 g/mol. The van der Waals surface area contributed by atoms with E-state index in [4.69, 9.17) is 4.74 Å². The average molecular weight is 340 g/mol. The third kappa shape index (κ3) is 4.50. The van der Waals surface area contributed by atoms with E-state index in [1.54, 1.807) is 6.92 Å². The van der Waals surface area contributed by atoms with Crippen molar-refractivity contribution < 1.29 is 22.7 Å². The van der Waals surface area contributed by atoms with Gasteiger partial charge in [-0.3, -0.25) is 4.79 Å². The summed E-state index contributed by atoms with van der Waals surface area (Å²) in [6, 6.07) is 3.07. The Balaban J connectivity index is 2.93. The molecular formula is C12H13BrF3NO2. The number of alkyl halides is 3. The summed E-state index contributed by atoms with van der Waals surface area (Å²) in [5.74, 6) is -0.567. The van der Waals surface area contributed by atoms with E-state index in [9.17, 15) is 18.0 Å². The molecule has 0 heterocycles. The van der Waals surface area contributed by atoms with Crippen LogP contribution in [0, 0.1) is 0 Å². The summed E-state index contributed by atoms with van der Waals surface area (Å²) in [5.41, 5.74) is -0.918. The minimum atomic E-state index is -4.51. The lowest BCUT2D eigenvalue weighted by Gasteiger charge is -2.14. The highest BCUT2D eigenvalue weighted by Gasteiger charge is 2.33. The highest BCUT2D eigenvalue weighted by molar-refractivity contribution is 9.10. The van der Waals surface area contributed by atoms with E-state index in [0.717, 1.165) is 6.07 Å². The first-order valence-electron chi connectivity index (χ1n) is 5.42. The third-order valence-corrected chi connectivity index (χ3v) is 3.02. The van der Waals surface area contributed by atoms with Crippen LogP contribution in [0.5, 0.6) is 0 Å². The molecule has 7 heteroatoms. The van der Waals surface area contributed by atoms with Crippen molar-refractivity contribution in [3.63, 3.8) is 0 Å². The van der Waals surface area contributed by atoms with Gasteiger partial charge in [-0.1, -0.05) is 15.9 Å². The zero-order valence-electron chi connectivity index (χ0n) is 10.3. The van der Waals surface area contributed by atoms with E-state index in [1.165, 1.54) is 19.2 Å². The van der Waals surface area contributed by atoms with Crippen molar-refractivity contribution in [2.24, 2.45) is 0 Å². The van der Waals surface area contributed by atoms with Crippen LogP contribution in [0.3, 0.4) is 0 Å². The van der Waals surface area contributed by atoms with E-state index in [1.807, 2.05) is 0 Å². The fraction of sp³-hybridized carbons (Fsp3) is 0.417. The van der Waals surface area contributed by atoms with Crippen LogP contribution >= 0.6 is 15.9 Å². The minimum Gasteiger partial charge on any atom is -0.383 e. The summed E-state index contributed by atoms with van der Waals surface area (Å²) in [5, 5.41) is 2.55. The Labute approximate surface area is 117 Å². The first kappa shape index (κ1) is 16.0. The Kier molecular flexibility index (Phi) is 5.37. The maximum absolute atomic E-state index is 12.7. The lowest BCUT2D eigenvalue weighted by Crippen LogP contribution is -2.35. The van der Waals surface area contributed by atoms with Gasteiger partial charge >= 0.3 is 6.18 Å². The second kappa shape index (κ2) is 6.38. The molecule has 3 nitrogen and oxygen atoms in total. The van der Waals surface area contributed by atoms with E-state index < -0.39 is 17.6 Å². The van der Waals surface area contributed by atoms with Crippen molar-refractivity contribution in [3.05, 3.63) is 33.8 Å². The number of carbonyl (C=O) groups excluding carboxylic acids is 1. The number of methoxy groups -OCH3 is 1. The number of hydrogen-bond acceptors (Lipinski definition) is 2. The molecule has 0 radical (unpaired) electrons. The van der Waals surface area contributed by atoms with Gasteiger partial charge in [0, 0.05) is 23.2 Å². The number of ether oxygens (including phenoxy) is 1. The molecule has 0 aromatic heterocycles. The molecule has 0 fully saturated rings. The van der Waals surface area contributed by atoms with Crippen LogP contribution in [0.25, 0.3) is 0 Å². The van der Waals surface area contributed by atoms with Gasteiger partial charge in [0.25, 0.3) is 5.91 Å². The Hall–Kier alpha value is -1.08. The number of nitrogens with one attached hydrogen (secondary N) is 1. The number of carbonyl (C=O) groups is 1. The second-order valence-electron chi connectivity index (χ2n) is 4.02. The Bertz CT molecular complexity index is 463. The largest absolute Gasteiger partial charge is 0.417 e.